The van der Waals surface area contributed by atoms with Gasteiger partial charge in [-0.1, -0.05) is 140 Å². The summed E-state index contributed by atoms with van der Waals surface area (Å²) in [5.41, 5.74) is 7.03. The summed E-state index contributed by atoms with van der Waals surface area (Å²) in [6.45, 7) is 4.41. The quantitative estimate of drug-likeness (QED) is 0.0643. The molecule has 3 N–H and O–H groups in total. The number of phenols is 2. The number of aryl methyl sites for hydroxylation is 2. The largest absolute Gasteiger partial charge is 0.508 e. The van der Waals surface area contributed by atoms with Crippen molar-refractivity contribution in [2.45, 2.75) is 157 Å². The number of ether oxygens (including phenoxy) is 2. The van der Waals surface area contributed by atoms with Gasteiger partial charge in [0.2, 0.25) is 0 Å². The molecule has 10 aromatic rings. The van der Waals surface area contributed by atoms with Crippen molar-refractivity contribution < 1.29 is 38.9 Å². The lowest BCUT2D eigenvalue weighted by molar-refractivity contribution is -0.191. The standard InChI is InChI=1S/C25H22ClNO2S.C13H17NOS.2C12H13NO2S.C9H10O2S.CO2/c26-20-8-4-7-19(14-20)18-6-3-5-17(13-18)16-29-22-11-12-23-24(15-22)30-27(25(23)28)21-9-1-2-10-21;1-9-6-7-11(12(16)8-9)13(15)14-10-4-2-3-5-10;2*14-9-5-6-10-11(7-9)16-13(12(10)15)8-3-1-2-4-8;1-6-3-4-7(8(12)5-6)9(10)11-2;2-1-3/h3-8,11-15,21H,1-2,9-10,16H2;6-8,10,16H,2-5H2,1H3,(H,14,15);2*5-8,14H,1-4H2;3-5,12H,1-2H3;. The van der Waals surface area contributed by atoms with Crippen molar-refractivity contribution in [3.63, 3.8) is 0 Å². The maximum atomic E-state index is 12.7. The molecule has 4 aliphatic carbocycles. The predicted molar refractivity (Wildman–Crippen MR) is 378 cm³/mol. The van der Waals surface area contributed by atoms with E-state index < -0.39 is 0 Å². The van der Waals surface area contributed by atoms with E-state index in [0.29, 0.717) is 46.8 Å². The summed E-state index contributed by atoms with van der Waals surface area (Å²) in [5, 5.41) is 24.8. The van der Waals surface area contributed by atoms with Crippen molar-refractivity contribution in [3.05, 3.63) is 203 Å². The van der Waals surface area contributed by atoms with Crippen molar-refractivity contribution in [2.24, 2.45) is 0 Å². The maximum Gasteiger partial charge on any atom is 0.373 e. The monoisotopic (exact) mass is 1370 g/mol. The number of methoxy groups -OCH3 is 1. The molecule has 14 rings (SSSR count). The highest BCUT2D eigenvalue weighted by atomic mass is 35.5. The third-order valence-electron chi connectivity index (χ3n) is 16.9. The van der Waals surface area contributed by atoms with Crippen molar-refractivity contribution in [2.75, 3.05) is 7.11 Å². The molecule has 7 aromatic carbocycles. The number of esters is 1. The third kappa shape index (κ3) is 18.4. The summed E-state index contributed by atoms with van der Waals surface area (Å²) in [7, 11) is 1.36. The first kappa shape index (κ1) is 69.7. The minimum Gasteiger partial charge on any atom is -0.508 e. The molecule has 4 fully saturated rings. The molecule has 0 bridgehead atoms. The fraction of sp³-hybridized carbons (Fsp3) is 0.333. The van der Waals surface area contributed by atoms with Gasteiger partial charge in [-0.2, -0.15) is 9.59 Å². The molecule has 0 radical (unpaired) electrons. The van der Waals surface area contributed by atoms with Gasteiger partial charge in [0.25, 0.3) is 22.6 Å². The number of carbonyl (C=O) groups is 2. The van der Waals surface area contributed by atoms with Gasteiger partial charge in [0.05, 0.1) is 48.5 Å². The maximum absolute atomic E-state index is 12.7. The van der Waals surface area contributed by atoms with Gasteiger partial charge in [0.1, 0.15) is 23.9 Å². The fourth-order valence-corrected chi connectivity index (χ4v) is 16.5. The lowest BCUT2D eigenvalue weighted by atomic mass is 10.0. The molecule has 486 valence electrons. The number of nitrogens with zero attached hydrogens (tertiary/aromatic N) is 3. The number of rotatable bonds is 10. The molecule has 21 heteroatoms. The minimum absolute atomic E-state index is 0.0110. The van der Waals surface area contributed by atoms with Crippen molar-refractivity contribution in [3.8, 4) is 28.4 Å². The summed E-state index contributed by atoms with van der Waals surface area (Å²) < 4.78 is 19.1. The van der Waals surface area contributed by atoms with Gasteiger partial charge in [-0.25, -0.2) is 4.79 Å². The molecule has 0 saturated heterocycles. The minimum atomic E-state index is -0.347. The summed E-state index contributed by atoms with van der Waals surface area (Å²) in [4.78, 5) is 77.7. The third-order valence-corrected chi connectivity index (χ3v) is 21.4. The number of nitrogens with one attached hydrogen (secondary N) is 1. The van der Waals surface area contributed by atoms with Crippen LogP contribution in [-0.2, 0) is 20.9 Å². The average molecular weight is 1370 g/mol. The second kappa shape index (κ2) is 33.4. The Kier molecular flexibility index (Phi) is 25.0. The van der Waals surface area contributed by atoms with E-state index in [0.717, 1.165) is 125 Å². The zero-order valence-corrected chi connectivity index (χ0v) is 57.0. The van der Waals surface area contributed by atoms with Gasteiger partial charge < -0.3 is 25.0 Å². The first-order valence-corrected chi connectivity index (χ1v) is 34.8. The van der Waals surface area contributed by atoms with Crippen LogP contribution >= 0.6 is 71.5 Å². The van der Waals surface area contributed by atoms with E-state index in [9.17, 15) is 34.2 Å². The molecular weight excluding hydrogens is 1290 g/mol. The van der Waals surface area contributed by atoms with Crippen LogP contribution in [0, 0.1) is 13.8 Å². The highest BCUT2D eigenvalue weighted by molar-refractivity contribution is 7.80. The van der Waals surface area contributed by atoms with E-state index in [1.807, 2.05) is 98.5 Å². The second-order valence-corrected chi connectivity index (χ2v) is 28.0. The van der Waals surface area contributed by atoms with Crippen molar-refractivity contribution in [1.82, 2.24) is 17.2 Å². The Morgan fingerprint density at radius 2 is 0.968 bits per heavy atom. The topological polar surface area (TPSA) is 205 Å². The number of amides is 1. The molecule has 0 unspecified atom stereocenters. The van der Waals surface area contributed by atoms with Crippen LogP contribution in [0.25, 0.3) is 41.4 Å². The van der Waals surface area contributed by atoms with Crippen LogP contribution in [0.5, 0.6) is 17.2 Å². The Labute approximate surface area is 567 Å². The Balaban J connectivity index is 0.000000141. The zero-order chi connectivity index (χ0) is 66.1. The SMILES string of the molecule is COC(=O)c1ccc(C)cc1S.Cc1ccc(C(=O)NC2CCCC2)c(S)c1.O=C=O.O=c1c2ccc(O)cc2sn1C1CCCC1.O=c1c2ccc(O)cc2sn1C1CCCC1.O=c1c2ccc(OCc3cccc(-c4cccc(Cl)c4)c3)cc2sn1C1CCCC1. The number of fused-ring (bicyclic) bond motifs is 3. The van der Waals surface area contributed by atoms with Crippen LogP contribution in [0.15, 0.2) is 164 Å². The smallest absolute Gasteiger partial charge is 0.373 e. The Hall–Kier alpha value is -7.68. The van der Waals surface area contributed by atoms with Crippen LogP contribution in [0.1, 0.15) is 158 Å². The van der Waals surface area contributed by atoms with E-state index in [2.05, 4.69) is 59.6 Å². The van der Waals surface area contributed by atoms with Crippen molar-refractivity contribution in [1.29, 1.82) is 0 Å². The number of aromatic nitrogens is 3. The number of phenolic OH excluding ortho intramolecular Hbond substituents is 2. The first-order chi connectivity index (χ1) is 44.9. The zero-order valence-electron chi connectivity index (χ0n) is 52.0. The van der Waals surface area contributed by atoms with E-state index >= 15 is 0 Å². The van der Waals surface area contributed by atoms with Gasteiger partial charge in [0, 0.05) is 39.0 Å². The molecule has 1 amide bonds. The molecule has 0 aliphatic heterocycles. The first-order valence-electron chi connectivity index (χ1n) is 31.2. The van der Waals surface area contributed by atoms with Gasteiger partial charge in [0.15, 0.2) is 0 Å². The lowest BCUT2D eigenvalue weighted by Gasteiger charge is -2.13. The van der Waals surface area contributed by atoms with Crippen molar-refractivity contribution >= 4 is 120 Å². The number of carbonyl (C=O) groups excluding carboxylic acids is 4. The molecule has 4 aliphatic rings. The molecule has 4 saturated carbocycles. The summed E-state index contributed by atoms with van der Waals surface area (Å²) in [5.74, 6) is 0.909. The van der Waals surface area contributed by atoms with E-state index in [1.54, 1.807) is 54.0 Å². The van der Waals surface area contributed by atoms with Crippen LogP contribution in [-0.4, -0.2) is 53.3 Å². The number of thiol groups is 2. The Morgan fingerprint density at radius 1 is 0.548 bits per heavy atom. The second-order valence-electron chi connectivity index (χ2n) is 23.6. The number of halogens is 1. The van der Waals surface area contributed by atoms with Gasteiger partial charge in [-0.15, -0.1) is 25.3 Å². The number of benzene rings is 7. The molecule has 0 spiro atoms. The highest BCUT2D eigenvalue weighted by Crippen LogP contribution is 2.36. The van der Waals surface area contributed by atoms with Crippen LogP contribution < -0.4 is 26.7 Å². The lowest BCUT2D eigenvalue weighted by Crippen LogP contribution is -2.32. The number of aromatic hydroxyl groups is 2. The molecule has 15 nitrogen and oxygen atoms in total. The summed E-state index contributed by atoms with van der Waals surface area (Å²) in [6.07, 6.45) is 18.9. The summed E-state index contributed by atoms with van der Waals surface area (Å²) in [6, 6.07) is 44.5. The van der Waals surface area contributed by atoms with E-state index in [1.165, 1.54) is 81.5 Å². The Bertz CT molecular complexity index is 4340. The van der Waals surface area contributed by atoms with Gasteiger partial charge in [-0.05, 0) is 190 Å². The predicted octanol–water partition coefficient (Wildman–Crippen LogP) is 17.3. The van der Waals surface area contributed by atoms with Gasteiger partial charge in [-0.3, -0.25) is 31.0 Å². The fourth-order valence-electron chi connectivity index (χ4n) is 12.1. The molecule has 3 aromatic heterocycles. The molecule has 93 heavy (non-hydrogen) atoms. The number of hydrogen-bond donors (Lipinski definition) is 5. The average Bonchev–Trinajstić information content (AvgIpc) is 1.68. The van der Waals surface area contributed by atoms with Crippen LogP contribution in [0.2, 0.25) is 5.02 Å². The van der Waals surface area contributed by atoms with E-state index in [-0.39, 0.29) is 46.2 Å². The van der Waals surface area contributed by atoms with E-state index in [4.69, 9.17) is 25.9 Å². The molecule has 0 atom stereocenters. The van der Waals surface area contributed by atoms with Gasteiger partial charge >= 0.3 is 12.1 Å². The summed E-state index contributed by atoms with van der Waals surface area (Å²) >= 11 is 19.2. The number of hydrogen-bond acceptors (Lipinski definition) is 16. The highest BCUT2D eigenvalue weighted by Gasteiger charge is 2.24. The molecule has 3 heterocycles. The van der Waals surface area contributed by atoms with Crippen LogP contribution in [0.3, 0.4) is 0 Å². The van der Waals surface area contributed by atoms with Crippen LogP contribution in [0.4, 0.5) is 0 Å². The Morgan fingerprint density at radius 3 is 1.42 bits per heavy atom. The molecular formula is C72H75ClN4O11S5. The normalized spacial score (nSPS) is 14.7.